The summed E-state index contributed by atoms with van der Waals surface area (Å²) in [5.74, 6) is -4.05. The predicted molar refractivity (Wildman–Crippen MR) is 172 cm³/mol. The van der Waals surface area contributed by atoms with Gasteiger partial charge in [0.05, 0.1) is 26.1 Å². The molecule has 0 bridgehead atoms. The molecule has 2 unspecified atom stereocenters. The summed E-state index contributed by atoms with van der Waals surface area (Å²) in [5, 5.41) is 13.0. The first-order chi connectivity index (χ1) is 20.3. The zero-order chi connectivity index (χ0) is 34.3. The van der Waals surface area contributed by atoms with Crippen molar-refractivity contribution in [1.82, 2.24) is 12.3 Å². The average molecular weight is 711 g/mol. The Balaban J connectivity index is -0.000000367. The summed E-state index contributed by atoms with van der Waals surface area (Å²) in [6.45, 7) is 8.72. The first-order valence-electron chi connectivity index (χ1n) is 15.0. The van der Waals surface area contributed by atoms with Gasteiger partial charge < -0.3 is 32.0 Å². The van der Waals surface area contributed by atoms with Crippen LogP contribution in [0.4, 0.5) is 0 Å². The number of unbranched alkanes of at least 4 members (excludes halogenated alkanes) is 8. The largest absolute Gasteiger partial charge is 0.481 e. The quantitative estimate of drug-likeness (QED) is 0.0443. The topological polar surface area (TPSA) is 306 Å². The molecule has 0 saturated heterocycles. The van der Waals surface area contributed by atoms with Crippen LogP contribution in [0.15, 0.2) is 0 Å². The molecule has 0 aromatic rings. The zero-order valence-corrected chi connectivity index (χ0v) is 29.4. The van der Waals surface area contributed by atoms with Crippen LogP contribution in [0.5, 0.6) is 0 Å². The molecule has 0 aromatic carbocycles. The fraction of sp³-hybridized carbons (Fsp3) is 0.857. The second-order valence-corrected chi connectivity index (χ2v) is 14.6. The van der Waals surface area contributed by atoms with E-state index in [1.165, 1.54) is 12.8 Å². The molecule has 46 heavy (non-hydrogen) atoms. The second kappa shape index (κ2) is 27.7. The highest BCUT2D eigenvalue weighted by molar-refractivity contribution is 7.87. The normalized spacial score (nSPS) is 12.5. The van der Waals surface area contributed by atoms with Crippen molar-refractivity contribution in [2.24, 2.45) is 11.8 Å². The summed E-state index contributed by atoms with van der Waals surface area (Å²) in [6.07, 6.45) is 9.71. The summed E-state index contributed by atoms with van der Waals surface area (Å²) < 4.78 is 71.0. The van der Waals surface area contributed by atoms with Gasteiger partial charge in [0.15, 0.2) is 10.5 Å². The number of hydrogen-bond donors (Lipinski definition) is 6. The number of carbonyl (C=O) groups excluding carboxylic acids is 2. The van der Waals surface area contributed by atoms with Gasteiger partial charge in [0.25, 0.3) is 20.2 Å². The zero-order valence-electron chi connectivity index (χ0n) is 27.7. The highest BCUT2D eigenvalue weighted by Gasteiger charge is 2.35. The molecule has 0 fully saturated rings. The molecule has 0 spiro atoms. The van der Waals surface area contributed by atoms with Crippen molar-refractivity contribution in [2.75, 3.05) is 13.2 Å². The molecule has 0 amide bonds. The lowest BCUT2D eigenvalue weighted by Gasteiger charge is -2.11. The van der Waals surface area contributed by atoms with E-state index >= 15 is 0 Å². The number of ether oxygens (including phenoxy) is 2. The van der Waals surface area contributed by atoms with Gasteiger partial charge in [-0.2, -0.15) is 16.8 Å². The van der Waals surface area contributed by atoms with E-state index in [0.29, 0.717) is 24.7 Å². The minimum atomic E-state index is -4.78. The standard InChI is InChI=1S/2C14H26O7S.2H3N/c2*1-11(2)8-6-4-3-5-7-9-21-14(17)12(10-13(15)16)22(18,19)20;;/h2*11-12H,3-10H2,1-2H3,(H,15,16)(H,18,19,20);2*1H3. The minimum absolute atomic E-state index is 0. The van der Waals surface area contributed by atoms with Crippen molar-refractivity contribution in [3.63, 3.8) is 0 Å². The van der Waals surface area contributed by atoms with Crippen molar-refractivity contribution in [3.8, 4) is 0 Å². The second-order valence-electron chi connectivity index (χ2n) is 11.4. The molecule has 0 rings (SSSR count). The van der Waals surface area contributed by atoms with E-state index in [-0.39, 0.29) is 25.5 Å². The van der Waals surface area contributed by atoms with E-state index < -0.39 is 67.5 Å². The molecule has 276 valence electrons. The Kier molecular flexibility index (Phi) is 30.4. The van der Waals surface area contributed by atoms with Gasteiger partial charge in [-0.25, -0.2) is 0 Å². The van der Waals surface area contributed by atoms with Gasteiger partial charge in [0.2, 0.25) is 0 Å². The van der Waals surface area contributed by atoms with Gasteiger partial charge in [-0.3, -0.25) is 28.3 Å². The molecule has 0 aliphatic carbocycles. The van der Waals surface area contributed by atoms with Crippen LogP contribution in [0.2, 0.25) is 0 Å². The first kappa shape index (κ1) is 50.5. The highest BCUT2D eigenvalue weighted by Crippen LogP contribution is 2.13. The third kappa shape index (κ3) is 30.3. The predicted octanol–water partition coefficient (Wildman–Crippen LogP) is 4.84. The molecule has 0 saturated carbocycles. The Morgan fingerprint density at radius 3 is 1.02 bits per heavy atom. The van der Waals surface area contributed by atoms with Gasteiger partial charge in [-0.1, -0.05) is 91.9 Å². The van der Waals surface area contributed by atoms with Crippen LogP contribution >= 0.6 is 0 Å². The Morgan fingerprint density at radius 2 is 0.783 bits per heavy atom. The average Bonchev–Trinajstić information content (AvgIpc) is 2.87. The molecule has 0 aromatic heterocycles. The highest BCUT2D eigenvalue weighted by atomic mass is 32.2. The van der Waals surface area contributed by atoms with E-state index in [1.54, 1.807) is 0 Å². The Hall–Kier alpha value is -2.38. The van der Waals surface area contributed by atoms with E-state index in [1.807, 2.05) is 0 Å². The van der Waals surface area contributed by atoms with E-state index in [0.717, 1.165) is 51.4 Å². The first-order valence-corrected chi connectivity index (χ1v) is 18.0. The van der Waals surface area contributed by atoms with Crippen LogP contribution in [0.25, 0.3) is 0 Å². The van der Waals surface area contributed by atoms with Crippen molar-refractivity contribution < 1.29 is 64.8 Å². The molecule has 18 heteroatoms. The molecular weight excluding hydrogens is 652 g/mol. The monoisotopic (exact) mass is 710 g/mol. The fourth-order valence-corrected chi connectivity index (χ4v) is 5.17. The van der Waals surface area contributed by atoms with Gasteiger partial charge >= 0.3 is 23.9 Å². The SMILES string of the molecule is CC(C)CCCCCCCOC(=O)C(CC(=O)O)S(=O)(=O)O.CC(C)CCCCCCCOC(=O)C(CC(=O)O)S(=O)(=O)O.N.N. The number of rotatable bonds is 24. The summed E-state index contributed by atoms with van der Waals surface area (Å²) in [4.78, 5) is 44.0. The van der Waals surface area contributed by atoms with Crippen LogP contribution < -0.4 is 12.3 Å². The van der Waals surface area contributed by atoms with Crippen LogP contribution in [0.1, 0.15) is 118 Å². The number of esters is 2. The lowest BCUT2D eigenvalue weighted by atomic mass is 10.0. The van der Waals surface area contributed by atoms with E-state index in [2.05, 4.69) is 27.7 Å². The summed E-state index contributed by atoms with van der Waals surface area (Å²) in [5.41, 5.74) is 0. The van der Waals surface area contributed by atoms with Crippen LogP contribution in [0, 0.1) is 11.8 Å². The minimum Gasteiger partial charge on any atom is -0.481 e. The fourth-order valence-electron chi connectivity index (χ4n) is 3.84. The summed E-state index contributed by atoms with van der Waals surface area (Å²) >= 11 is 0. The molecule has 16 nitrogen and oxygen atoms in total. The van der Waals surface area contributed by atoms with Crippen LogP contribution in [0.3, 0.4) is 0 Å². The van der Waals surface area contributed by atoms with Gasteiger partial charge in [0.1, 0.15) is 0 Å². The number of carbonyl (C=O) groups is 4. The number of carboxylic acids is 2. The van der Waals surface area contributed by atoms with Gasteiger partial charge in [0, 0.05) is 0 Å². The molecule has 0 radical (unpaired) electrons. The third-order valence-electron chi connectivity index (χ3n) is 6.31. The number of aliphatic carboxylic acids is 2. The van der Waals surface area contributed by atoms with Crippen molar-refractivity contribution >= 4 is 44.1 Å². The smallest absolute Gasteiger partial charge is 0.327 e. The van der Waals surface area contributed by atoms with Crippen molar-refractivity contribution in [3.05, 3.63) is 0 Å². The van der Waals surface area contributed by atoms with Crippen LogP contribution in [-0.4, -0.2) is 83.7 Å². The Labute approximate surface area is 274 Å². The summed E-state index contributed by atoms with van der Waals surface area (Å²) in [7, 11) is -9.55. The maximum Gasteiger partial charge on any atom is 0.327 e. The lowest BCUT2D eigenvalue weighted by molar-refractivity contribution is -0.147. The van der Waals surface area contributed by atoms with Gasteiger partial charge in [-0.05, 0) is 24.7 Å². The van der Waals surface area contributed by atoms with Gasteiger partial charge in [-0.15, -0.1) is 0 Å². The van der Waals surface area contributed by atoms with E-state index in [9.17, 15) is 36.0 Å². The molecular formula is C28H58N2O14S2. The van der Waals surface area contributed by atoms with Crippen molar-refractivity contribution in [1.29, 1.82) is 0 Å². The molecule has 0 heterocycles. The van der Waals surface area contributed by atoms with Crippen LogP contribution in [-0.2, 0) is 48.9 Å². The van der Waals surface area contributed by atoms with E-state index in [4.69, 9.17) is 28.8 Å². The maximum absolute atomic E-state index is 11.5. The Bertz CT molecular complexity index is 980. The molecule has 0 aliphatic heterocycles. The number of carboxylic acid groups (broad SMARTS) is 2. The number of hydrogen-bond acceptors (Lipinski definition) is 12. The molecule has 0 aliphatic rings. The molecule has 2 atom stereocenters. The third-order valence-corrected chi connectivity index (χ3v) is 8.46. The lowest BCUT2D eigenvalue weighted by Crippen LogP contribution is -2.34. The Morgan fingerprint density at radius 1 is 0.522 bits per heavy atom. The van der Waals surface area contributed by atoms with Crippen molar-refractivity contribution in [2.45, 2.75) is 128 Å². The molecule has 10 N–H and O–H groups in total. The summed E-state index contributed by atoms with van der Waals surface area (Å²) in [6, 6.07) is 0. The maximum atomic E-state index is 11.5.